The normalized spacial score (nSPS) is 21.0. The molecule has 0 fully saturated rings. The molecule has 0 saturated carbocycles. The van der Waals surface area contributed by atoms with Crippen LogP contribution in [0, 0.1) is 0 Å². The van der Waals surface area contributed by atoms with Crippen molar-refractivity contribution >= 4 is 17.3 Å². The first-order valence-electron chi connectivity index (χ1n) is 8.34. The van der Waals surface area contributed by atoms with Crippen molar-refractivity contribution in [3.05, 3.63) is 82.8 Å². The van der Waals surface area contributed by atoms with E-state index < -0.39 is 6.23 Å². The third-order valence-electron chi connectivity index (χ3n) is 4.75. The number of phenolic OH excluding ortho intramolecular Hbond substituents is 1. The van der Waals surface area contributed by atoms with Crippen LogP contribution in [0.4, 0.5) is 0 Å². The zero-order valence-corrected chi connectivity index (χ0v) is 14.4. The monoisotopic (exact) mass is 366 g/mol. The number of para-hydroxylation sites is 1. The number of fused-ring (bicyclic) bond motifs is 3. The minimum Gasteiger partial charge on any atom is -0.508 e. The smallest absolute Gasteiger partial charge is 0.215 e. The number of rotatable bonds is 2. The lowest BCUT2D eigenvalue weighted by molar-refractivity contribution is -0.0190. The number of benzene rings is 2. The Morgan fingerprint density at radius 1 is 1.08 bits per heavy atom. The molecular formula is C20H15ClN2O3. The molecule has 2 aliphatic rings. The molecule has 0 amide bonds. The van der Waals surface area contributed by atoms with E-state index in [1.807, 2.05) is 41.4 Å². The van der Waals surface area contributed by atoms with E-state index in [2.05, 4.69) is 0 Å². The van der Waals surface area contributed by atoms with E-state index in [1.165, 1.54) is 0 Å². The highest BCUT2D eigenvalue weighted by atomic mass is 35.5. The van der Waals surface area contributed by atoms with Crippen LogP contribution < -0.4 is 4.74 Å². The van der Waals surface area contributed by atoms with E-state index in [0.29, 0.717) is 17.0 Å². The number of hydrogen-bond acceptors (Lipinski definition) is 5. The zero-order chi connectivity index (χ0) is 17.7. The van der Waals surface area contributed by atoms with Crippen LogP contribution in [0.5, 0.6) is 11.5 Å². The summed E-state index contributed by atoms with van der Waals surface area (Å²) in [6.45, 7) is 0. The molecule has 0 saturated heterocycles. The Morgan fingerprint density at radius 2 is 1.96 bits per heavy atom. The molecule has 2 aromatic carbocycles. The molecule has 0 bridgehead atoms. The van der Waals surface area contributed by atoms with Gasteiger partial charge in [0.05, 0.1) is 12.3 Å². The highest BCUT2D eigenvalue weighted by Gasteiger charge is 2.42. The fourth-order valence-corrected chi connectivity index (χ4v) is 3.76. The van der Waals surface area contributed by atoms with Gasteiger partial charge >= 0.3 is 0 Å². The van der Waals surface area contributed by atoms with Crippen molar-refractivity contribution in [2.24, 2.45) is 5.10 Å². The van der Waals surface area contributed by atoms with Gasteiger partial charge in [-0.05, 0) is 36.4 Å². The minimum atomic E-state index is -0.526. The molecule has 1 aromatic heterocycles. The maximum Gasteiger partial charge on any atom is 0.215 e. The van der Waals surface area contributed by atoms with Gasteiger partial charge in [-0.25, -0.2) is 5.01 Å². The van der Waals surface area contributed by atoms with E-state index in [0.717, 1.165) is 22.8 Å². The summed E-state index contributed by atoms with van der Waals surface area (Å²) < 4.78 is 11.8. The molecule has 2 aliphatic heterocycles. The van der Waals surface area contributed by atoms with Crippen LogP contribution in [0.3, 0.4) is 0 Å². The van der Waals surface area contributed by atoms with Crippen LogP contribution in [-0.4, -0.2) is 15.8 Å². The number of ether oxygens (including phenoxy) is 1. The zero-order valence-electron chi connectivity index (χ0n) is 13.7. The Kier molecular flexibility index (Phi) is 3.43. The first-order chi connectivity index (χ1) is 12.7. The molecule has 0 radical (unpaired) electrons. The van der Waals surface area contributed by atoms with Crippen LogP contribution >= 0.6 is 11.6 Å². The van der Waals surface area contributed by atoms with Crippen molar-refractivity contribution in [1.29, 1.82) is 0 Å². The predicted octanol–water partition coefficient (Wildman–Crippen LogP) is 4.88. The second-order valence-electron chi connectivity index (χ2n) is 6.34. The van der Waals surface area contributed by atoms with Gasteiger partial charge < -0.3 is 14.3 Å². The van der Waals surface area contributed by atoms with Crippen molar-refractivity contribution in [3.8, 4) is 11.5 Å². The SMILES string of the molecule is Oc1ccc(Cl)c([C@@H]2Oc3ccccc3[C@H]3CC(c4ccco4)=NN32)c1. The summed E-state index contributed by atoms with van der Waals surface area (Å²) in [7, 11) is 0. The summed E-state index contributed by atoms with van der Waals surface area (Å²) in [5.41, 5.74) is 2.61. The van der Waals surface area contributed by atoms with Crippen molar-refractivity contribution in [1.82, 2.24) is 5.01 Å². The van der Waals surface area contributed by atoms with Crippen molar-refractivity contribution in [2.75, 3.05) is 0 Å². The molecule has 26 heavy (non-hydrogen) atoms. The topological polar surface area (TPSA) is 58.2 Å². The first-order valence-corrected chi connectivity index (χ1v) is 8.72. The fourth-order valence-electron chi connectivity index (χ4n) is 3.55. The quantitative estimate of drug-likeness (QED) is 0.702. The molecule has 0 aliphatic carbocycles. The van der Waals surface area contributed by atoms with Gasteiger partial charge in [-0.3, -0.25) is 0 Å². The molecule has 3 aromatic rings. The summed E-state index contributed by atoms with van der Waals surface area (Å²) >= 11 is 6.40. The molecule has 3 heterocycles. The van der Waals surface area contributed by atoms with E-state index in [-0.39, 0.29) is 11.8 Å². The third kappa shape index (κ3) is 2.35. The largest absolute Gasteiger partial charge is 0.508 e. The highest BCUT2D eigenvalue weighted by Crippen LogP contribution is 2.48. The summed E-state index contributed by atoms with van der Waals surface area (Å²) in [5.74, 6) is 1.68. The number of hydrogen-bond donors (Lipinski definition) is 1. The fraction of sp³-hybridized carbons (Fsp3) is 0.150. The number of hydrazone groups is 1. The van der Waals surface area contributed by atoms with Gasteiger partial charge in [0.15, 0.2) is 0 Å². The van der Waals surface area contributed by atoms with Gasteiger partial charge in [0.1, 0.15) is 23.0 Å². The van der Waals surface area contributed by atoms with Gasteiger partial charge in [-0.15, -0.1) is 0 Å². The Hall–Kier alpha value is -2.92. The van der Waals surface area contributed by atoms with E-state index in [4.69, 9.17) is 25.9 Å². The molecule has 5 rings (SSSR count). The lowest BCUT2D eigenvalue weighted by Gasteiger charge is -2.38. The predicted molar refractivity (Wildman–Crippen MR) is 97.4 cm³/mol. The Bertz CT molecular complexity index is 1000. The number of furan rings is 1. The first kappa shape index (κ1) is 15.3. The van der Waals surface area contributed by atoms with Crippen LogP contribution in [0.2, 0.25) is 5.02 Å². The highest BCUT2D eigenvalue weighted by molar-refractivity contribution is 6.31. The summed E-state index contributed by atoms with van der Waals surface area (Å²) in [6.07, 6.45) is 1.83. The summed E-state index contributed by atoms with van der Waals surface area (Å²) in [5, 5.41) is 17.1. The summed E-state index contributed by atoms with van der Waals surface area (Å²) in [6, 6.07) is 16.5. The molecular weight excluding hydrogens is 352 g/mol. The molecule has 130 valence electrons. The number of phenols is 1. The molecule has 0 unspecified atom stereocenters. The van der Waals surface area contributed by atoms with Crippen molar-refractivity contribution in [2.45, 2.75) is 18.7 Å². The number of aromatic hydroxyl groups is 1. The van der Waals surface area contributed by atoms with Crippen LogP contribution in [-0.2, 0) is 0 Å². The number of nitrogens with zero attached hydrogens (tertiary/aromatic N) is 2. The van der Waals surface area contributed by atoms with E-state index >= 15 is 0 Å². The maximum atomic E-state index is 9.92. The number of halogens is 1. The van der Waals surface area contributed by atoms with Crippen LogP contribution in [0.15, 0.2) is 70.4 Å². The molecule has 5 nitrogen and oxygen atoms in total. The minimum absolute atomic E-state index is 0.0171. The lowest BCUT2D eigenvalue weighted by Crippen LogP contribution is -2.33. The Labute approximate surface area is 155 Å². The van der Waals surface area contributed by atoms with Crippen LogP contribution in [0.1, 0.15) is 35.6 Å². The van der Waals surface area contributed by atoms with Gasteiger partial charge in [-0.2, -0.15) is 5.10 Å². The van der Waals surface area contributed by atoms with Gasteiger partial charge in [0.25, 0.3) is 0 Å². The Morgan fingerprint density at radius 3 is 2.81 bits per heavy atom. The molecule has 6 heteroatoms. The molecule has 0 spiro atoms. The standard InChI is InChI=1S/C20H15ClN2O3/c21-15-8-7-12(24)10-14(15)20-23-17(13-4-1-2-5-18(13)26-20)11-16(22-23)19-6-3-9-25-19/h1-10,17,20,24H,11H2/t17-,20+/m1/s1. The van der Waals surface area contributed by atoms with Crippen LogP contribution in [0.25, 0.3) is 0 Å². The van der Waals surface area contributed by atoms with Gasteiger partial charge in [0.2, 0.25) is 6.23 Å². The average Bonchev–Trinajstić information content (AvgIpc) is 3.32. The van der Waals surface area contributed by atoms with Gasteiger partial charge in [0, 0.05) is 22.6 Å². The lowest BCUT2D eigenvalue weighted by atomic mass is 9.97. The van der Waals surface area contributed by atoms with Gasteiger partial charge in [-0.1, -0.05) is 29.8 Å². The average molecular weight is 367 g/mol. The molecule has 1 N–H and O–H groups in total. The third-order valence-corrected chi connectivity index (χ3v) is 5.09. The second kappa shape index (κ2) is 5.81. The van der Waals surface area contributed by atoms with E-state index in [9.17, 15) is 5.11 Å². The Balaban J connectivity index is 1.64. The van der Waals surface area contributed by atoms with E-state index in [1.54, 1.807) is 24.5 Å². The van der Waals surface area contributed by atoms with Crippen molar-refractivity contribution in [3.63, 3.8) is 0 Å². The molecule has 2 atom stereocenters. The second-order valence-corrected chi connectivity index (χ2v) is 6.74. The summed E-state index contributed by atoms with van der Waals surface area (Å²) in [4.78, 5) is 0. The van der Waals surface area contributed by atoms with Crippen molar-refractivity contribution < 1.29 is 14.3 Å². The maximum absolute atomic E-state index is 9.92.